The van der Waals surface area contributed by atoms with Crippen molar-refractivity contribution in [2.24, 2.45) is 0 Å². The summed E-state index contributed by atoms with van der Waals surface area (Å²) >= 11 is 0. The van der Waals surface area contributed by atoms with E-state index in [1.165, 1.54) is 7.05 Å². The van der Waals surface area contributed by atoms with Gasteiger partial charge in [0.2, 0.25) is 0 Å². The number of amides is 2. The fourth-order valence-electron chi connectivity index (χ4n) is 0.834. The average Bonchev–Trinajstić information content (AvgIpc) is 2.36. The molecule has 0 aromatic rings. The monoisotopic (exact) mass is 188 g/mol. The Hall–Kier alpha value is -1.63. The second-order valence-corrected chi connectivity index (χ2v) is 2.23. The first-order valence-electron chi connectivity index (χ1n) is 3.56. The summed E-state index contributed by atoms with van der Waals surface area (Å²) in [4.78, 5) is 40.8. The van der Waals surface area contributed by atoms with Gasteiger partial charge in [-0.25, -0.2) is 0 Å². The van der Waals surface area contributed by atoms with Gasteiger partial charge in [-0.05, 0) is 0 Å². The summed E-state index contributed by atoms with van der Waals surface area (Å²) in [7, 11) is 1.34. The predicted molar refractivity (Wildman–Crippen MR) is 37.7 cm³/mol. The zero-order valence-corrected chi connectivity index (χ0v) is 6.90. The van der Waals surface area contributed by atoms with Crippen LogP contribution in [0.2, 0.25) is 0 Å². The number of imide groups is 1. The molecule has 0 aromatic carbocycles. The normalized spacial score (nSPS) is 16.2. The Labute approximate surface area is 73.5 Å². The molecule has 0 aromatic heterocycles. The van der Waals surface area contributed by atoms with E-state index in [4.69, 9.17) is 0 Å². The zero-order chi connectivity index (χ0) is 9.84. The van der Waals surface area contributed by atoms with Gasteiger partial charge in [-0.2, -0.15) is 10.3 Å². The van der Waals surface area contributed by atoms with E-state index >= 15 is 0 Å². The molecule has 0 bridgehead atoms. The predicted octanol–water partition coefficient (Wildman–Crippen LogP) is -0.662. The van der Waals surface area contributed by atoms with E-state index in [0.717, 1.165) is 0 Å². The highest BCUT2D eigenvalue weighted by Gasteiger charge is 2.33. The Morgan fingerprint density at radius 2 is 1.92 bits per heavy atom. The van der Waals surface area contributed by atoms with Gasteiger partial charge in [0.15, 0.2) is 0 Å². The maximum absolute atomic E-state index is 10.9. The molecule has 1 N–H and O–H groups in total. The van der Waals surface area contributed by atoms with Crippen LogP contribution < -0.4 is 5.48 Å². The highest BCUT2D eigenvalue weighted by Crippen LogP contribution is 2.12. The molecule has 0 unspecified atom stereocenters. The van der Waals surface area contributed by atoms with Gasteiger partial charge in [-0.1, -0.05) is 5.06 Å². The van der Waals surface area contributed by atoms with E-state index < -0.39 is 18.0 Å². The maximum Gasteiger partial charge on any atom is 0.553 e. The number of hydroxylamine groups is 3. The van der Waals surface area contributed by atoms with Crippen molar-refractivity contribution in [1.82, 2.24) is 10.5 Å². The van der Waals surface area contributed by atoms with Crippen LogP contribution in [0.5, 0.6) is 0 Å². The summed E-state index contributed by atoms with van der Waals surface area (Å²) in [6.07, 6.45) is -1.02. The minimum atomic E-state index is -1.15. The molecular weight excluding hydrogens is 180 g/mol. The number of hydrogen-bond donors (Lipinski definition) is 1. The summed E-state index contributed by atoms with van der Waals surface area (Å²) in [6, 6.07) is 0. The fraction of sp³-hybridized carbons (Fsp3) is 0.500. The molecule has 1 fully saturated rings. The third kappa shape index (κ3) is 2.15. The number of nitrogens with zero attached hydrogens (tertiary/aromatic N) is 1. The van der Waals surface area contributed by atoms with E-state index in [9.17, 15) is 14.4 Å². The third-order valence-electron chi connectivity index (χ3n) is 1.36. The number of carbonyl (C=O) groups is 3. The molecule has 2 amide bonds. The van der Waals surface area contributed by atoms with Gasteiger partial charge in [0, 0.05) is 19.9 Å². The lowest BCUT2D eigenvalue weighted by Gasteiger charge is -2.10. The van der Waals surface area contributed by atoms with Gasteiger partial charge >= 0.3 is 6.16 Å². The van der Waals surface area contributed by atoms with Gasteiger partial charge in [0.25, 0.3) is 11.8 Å². The molecule has 1 aliphatic rings. The summed E-state index contributed by atoms with van der Waals surface area (Å²) in [5.41, 5.74) is 2.05. The van der Waals surface area contributed by atoms with Crippen molar-refractivity contribution in [3.8, 4) is 0 Å². The van der Waals surface area contributed by atoms with E-state index in [2.05, 4.69) is 9.68 Å². The number of rotatable bonds is 2. The standard InChI is InChI=1S/C6H8N2O5/c1-7-12-6(11)13-8-4(9)2-3-5(8)10/h7H,2-3H2,1H3. The van der Waals surface area contributed by atoms with Crippen LogP contribution in [0.4, 0.5) is 4.79 Å². The van der Waals surface area contributed by atoms with Crippen LogP contribution in [-0.2, 0) is 19.3 Å². The molecule has 0 aliphatic carbocycles. The van der Waals surface area contributed by atoms with E-state index in [1.54, 1.807) is 0 Å². The first-order chi connectivity index (χ1) is 6.15. The molecule has 0 saturated carbocycles. The van der Waals surface area contributed by atoms with Crippen LogP contribution in [-0.4, -0.2) is 30.1 Å². The highest BCUT2D eigenvalue weighted by atomic mass is 16.9. The maximum atomic E-state index is 10.9. The topological polar surface area (TPSA) is 84.9 Å². The molecule has 13 heavy (non-hydrogen) atoms. The van der Waals surface area contributed by atoms with Crippen LogP contribution >= 0.6 is 0 Å². The molecule has 1 saturated heterocycles. The smallest absolute Gasteiger partial charge is 0.337 e. The van der Waals surface area contributed by atoms with Crippen molar-refractivity contribution < 1.29 is 24.1 Å². The molecule has 7 nitrogen and oxygen atoms in total. The molecule has 1 aliphatic heterocycles. The van der Waals surface area contributed by atoms with Crippen molar-refractivity contribution in [1.29, 1.82) is 0 Å². The molecule has 0 atom stereocenters. The van der Waals surface area contributed by atoms with Crippen LogP contribution in [0.25, 0.3) is 0 Å². The summed E-state index contributed by atoms with van der Waals surface area (Å²) in [5, 5.41) is 0.402. The molecule has 1 heterocycles. The fourth-order valence-corrected chi connectivity index (χ4v) is 0.834. The van der Waals surface area contributed by atoms with Gasteiger partial charge in [0.1, 0.15) is 0 Å². The van der Waals surface area contributed by atoms with Crippen LogP contribution in [0.3, 0.4) is 0 Å². The second kappa shape index (κ2) is 3.85. The van der Waals surface area contributed by atoms with Gasteiger partial charge in [-0.15, -0.1) is 0 Å². The van der Waals surface area contributed by atoms with E-state index in [0.29, 0.717) is 5.06 Å². The Bertz CT molecular complexity index is 235. The first-order valence-corrected chi connectivity index (χ1v) is 3.56. The molecule has 0 spiro atoms. The average molecular weight is 188 g/mol. The van der Waals surface area contributed by atoms with Gasteiger partial charge < -0.3 is 4.84 Å². The lowest BCUT2D eigenvalue weighted by atomic mass is 10.4. The SMILES string of the molecule is CNOC(=O)ON1C(=O)CCC1=O. The highest BCUT2D eigenvalue weighted by molar-refractivity contribution is 6.01. The molecule has 1 rings (SSSR count). The van der Waals surface area contributed by atoms with Crippen molar-refractivity contribution in [3.05, 3.63) is 0 Å². The van der Waals surface area contributed by atoms with Crippen LogP contribution in [0, 0.1) is 0 Å². The lowest BCUT2D eigenvalue weighted by Crippen LogP contribution is -2.33. The summed E-state index contributed by atoms with van der Waals surface area (Å²) in [6.45, 7) is 0. The molecule has 72 valence electrons. The van der Waals surface area contributed by atoms with Gasteiger partial charge in [-0.3, -0.25) is 14.4 Å². The zero-order valence-electron chi connectivity index (χ0n) is 6.90. The van der Waals surface area contributed by atoms with Crippen LogP contribution in [0.15, 0.2) is 0 Å². The number of hydrogen-bond acceptors (Lipinski definition) is 6. The lowest BCUT2D eigenvalue weighted by molar-refractivity contribution is -0.178. The summed E-state index contributed by atoms with van der Waals surface area (Å²) < 4.78 is 0. The Morgan fingerprint density at radius 3 is 2.38 bits per heavy atom. The molecule has 0 radical (unpaired) electrons. The quantitative estimate of drug-likeness (QED) is 0.457. The Morgan fingerprint density at radius 1 is 1.38 bits per heavy atom. The second-order valence-electron chi connectivity index (χ2n) is 2.23. The Kier molecular flexibility index (Phi) is 2.80. The van der Waals surface area contributed by atoms with Crippen molar-refractivity contribution >= 4 is 18.0 Å². The Balaban J connectivity index is 2.48. The van der Waals surface area contributed by atoms with E-state index in [-0.39, 0.29) is 12.8 Å². The summed E-state index contributed by atoms with van der Waals surface area (Å²) in [5.74, 6) is -1.09. The van der Waals surface area contributed by atoms with Gasteiger partial charge in [0.05, 0.1) is 0 Å². The van der Waals surface area contributed by atoms with Crippen molar-refractivity contribution in [3.63, 3.8) is 0 Å². The number of nitrogens with one attached hydrogen (secondary N) is 1. The van der Waals surface area contributed by atoms with Crippen molar-refractivity contribution in [2.45, 2.75) is 12.8 Å². The largest absolute Gasteiger partial charge is 0.553 e. The minimum absolute atomic E-state index is 0.0612. The van der Waals surface area contributed by atoms with E-state index in [1.807, 2.05) is 5.48 Å². The van der Waals surface area contributed by atoms with Crippen molar-refractivity contribution in [2.75, 3.05) is 7.05 Å². The minimum Gasteiger partial charge on any atom is -0.337 e. The third-order valence-corrected chi connectivity index (χ3v) is 1.36. The number of carbonyl (C=O) groups excluding carboxylic acids is 3. The molecule has 7 heteroatoms. The van der Waals surface area contributed by atoms with Crippen LogP contribution in [0.1, 0.15) is 12.8 Å². The first kappa shape index (κ1) is 9.46. The molecular formula is C6H8N2O5.